The molecule has 2 aliphatic heterocycles. The molecule has 0 spiro atoms. The maximum absolute atomic E-state index is 13.0. The molecule has 4 heterocycles. The van der Waals surface area contributed by atoms with E-state index >= 15 is 0 Å². The van der Waals surface area contributed by atoms with Crippen LogP contribution in [0, 0.1) is 5.92 Å². The highest BCUT2D eigenvalue weighted by atomic mass is 16.2. The van der Waals surface area contributed by atoms with E-state index in [0.717, 1.165) is 30.5 Å². The number of amides is 2. The van der Waals surface area contributed by atoms with E-state index in [-0.39, 0.29) is 23.7 Å². The Bertz CT molecular complexity index is 845. The van der Waals surface area contributed by atoms with E-state index in [1.54, 1.807) is 17.2 Å². The van der Waals surface area contributed by atoms with Crippen molar-refractivity contribution < 1.29 is 9.59 Å². The highest BCUT2D eigenvalue weighted by molar-refractivity contribution is 5.89. The number of fused-ring (bicyclic) bond motifs is 1. The van der Waals surface area contributed by atoms with E-state index in [1.165, 1.54) is 0 Å². The molecule has 0 unspecified atom stereocenters. The van der Waals surface area contributed by atoms with Crippen molar-refractivity contribution in [1.29, 1.82) is 0 Å². The fourth-order valence-electron chi connectivity index (χ4n) is 4.12. The number of H-pyrrole nitrogens is 1. The molecule has 1 N–H and O–H groups in total. The van der Waals surface area contributed by atoms with Gasteiger partial charge in [0.1, 0.15) is 0 Å². The van der Waals surface area contributed by atoms with E-state index < -0.39 is 0 Å². The largest absolute Gasteiger partial charge is 0.342 e. The van der Waals surface area contributed by atoms with Gasteiger partial charge >= 0.3 is 0 Å². The molecule has 2 saturated heterocycles. The Morgan fingerprint density at radius 3 is 3.15 bits per heavy atom. The van der Waals surface area contributed by atoms with Crippen LogP contribution in [0.3, 0.4) is 0 Å². The van der Waals surface area contributed by atoms with Crippen LogP contribution in [0.15, 0.2) is 31.0 Å². The van der Waals surface area contributed by atoms with Gasteiger partial charge in [-0.2, -0.15) is 5.10 Å². The molecule has 2 fully saturated rings. The molecule has 2 atom stereocenters. The van der Waals surface area contributed by atoms with Gasteiger partial charge in [-0.1, -0.05) is 6.08 Å². The summed E-state index contributed by atoms with van der Waals surface area (Å²) in [6.45, 7) is 6.11. The van der Waals surface area contributed by atoms with Crippen molar-refractivity contribution in [2.45, 2.75) is 25.2 Å². The smallest absolute Gasteiger partial charge is 0.228 e. The second-order valence-electron chi connectivity index (χ2n) is 7.12. The molecule has 2 aliphatic rings. The lowest BCUT2D eigenvalue weighted by molar-refractivity contribution is -0.137. The van der Waals surface area contributed by atoms with Crippen molar-refractivity contribution in [2.75, 3.05) is 26.2 Å². The molecule has 136 valence electrons. The zero-order valence-corrected chi connectivity index (χ0v) is 14.7. The minimum absolute atomic E-state index is 0.0439. The van der Waals surface area contributed by atoms with Gasteiger partial charge in [0.2, 0.25) is 11.8 Å². The minimum atomic E-state index is -0.235. The summed E-state index contributed by atoms with van der Waals surface area (Å²) < 4.78 is 0. The number of hydrogen-bond donors (Lipinski definition) is 1. The molecular weight excluding hydrogens is 330 g/mol. The van der Waals surface area contributed by atoms with Crippen molar-refractivity contribution in [3.05, 3.63) is 36.7 Å². The number of likely N-dealkylation sites (tertiary alicyclic amines) is 2. The lowest BCUT2D eigenvalue weighted by Gasteiger charge is -2.34. The molecule has 0 aliphatic carbocycles. The molecule has 0 bridgehead atoms. The van der Waals surface area contributed by atoms with Crippen molar-refractivity contribution >= 4 is 22.8 Å². The summed E-state index contributed by atoms with van der Waals surface area (Å²) in [4.78, 5) is 32.9. The molecule has 0 saturated carbocycles. The Morgan fingerprint density at radius 2 is 2.31 bits per heavy atom. The normalized spacial score (nSPS) is 23.6. The number of nitrogens with zero attached hydrogens (tertiary/aromatic N) is 4. The van der Waals surface area contributed by atoms with Gasteiger partial charge in [0.15, 0.2) is 5.65 Å². The average molecular weight is 353 g/mol. The lowest BCUT2D eigenvalue weighted by atomic mass is 9.92. The second kappa shape index (κ2) is 6.90. The van der Waals surface area contributed by atoms with E-state index in [9.17, 15) is 9.59 Å². The number of piperidine rings is 1. The summed E-state index contributed by atoms with van der Waals surface area (Å²) in [6.07, 6.45) is 5.72. The molecule has 0 radical (unpaired) electrons. The van der Waals surface area contributed by atoms with Crippen LogP contribution in [0.2, 0.25) is 0 Å². The molecule has 7 heteroatoms. The third kappa shape index (κ3) is 2.98. The predicted molar refractivity (Wildman–Crippen MR) is 97.3 cm³/mol. The Balaban J connectivity index is 1.48. The highest BCUT2D eigenvalue weighted by Crippen LogP contribution is 2.31. The van der Waals surface area contributed by atoms with E-state index in [1.807, 2.05) is 17.0 Å². The van der Waals surface area contributed by atoms with Gasteiger partial charge in [0.25, 0.3) is 0 Å². The molecule has 2 aromatic rings. The number of aromatic amines is 1. The van der Waals surface area contributed by atoms with Crippen molar-refractivity contribution in [2.24, 2.45) is 5.92 Å². The first-order valence-corrected chi connectivity index (χ1v) is 9.14. The van der Waals surface area contributed by atoms with Crippen molar-refractivity contribution in [3.8, 4) is 0 Å². The summed E-state index contributed by atoms with van der Waals surface area (Å²) >= 11 is 0. The molecule has 4 rings (SSSR count). The van der Waals surface area contributed by atoms with Crippen LogP contribution in [0.5, 0.6) is 0 Å². The monoisotopic (exact) mass is 353 g/mol. The molecule has 0 aromatic carbocycles. The van der Waals surface area contributed by atoms with Gasteiger partial charge in [-0.05, 0) is 25.0 Å². The number of hydrogen-bond acceptors (Lipinski definition) is 4. The number of aromatic nitrogens is 3. The standard InChI is InChI=1S/C19H23N5O2/c1-2-8-23-12-14(10-16(23)25)19(26)24-9-4-5-13(11-24)17-15-6-3-7-20-18(15)22-21-17/h2-3,6-7,13-14H,1,4-5,8-12H2,(H,20,21,22)/t13-,14+/m1/s1. The number of carbonyl (C=O) groups is 2. The molecule has 2 amide bonds. The summed E-state index contributed by atoms with van der Waals surface area (Å²) in [5, 5.41) is 8.43. The van der Waals surface area contributed by atoms with Gasteiger partial charge in [-0.3, -0.25) is 14.7 Å². The fourth-order valence-corrected chi connectivity index (χ4v) is 4.12. The first-order chi connectivity index (χ1) is 12.7. The Morgan fingerprint density at radius 1 is 1.42 bits per heavy atom. The van der Waals surface area contributed by atoms with E-state index in [4.69, 9.17) is 0 Å². The molecule has 2 aromatic heterocycles. The van der Waals surface area contributed by atoms with Gasteiger partial charge in [0, 0.05) is 55.8 Å². The summed E-state index contributed by atoms with van der Waals surface area (Å²) in [5.41, 5.74) is 1.77. The Labute approximate surface area is 152 Å². The third-order valence-corrected chi connectivity index (χ3v) is 5.41. The minimum Gasteiger partial charge on any atom is -0.342 e. The van der Waals surface area contributed by atoms with Gasteiger partial charge < -0.3 is 9.80 Å². The van der Waals surface area contributed by atoms with Crippen LogP contribution in [0.25, 0.3) is 11.0 Å². The van der Waals surface area contributed by atoms with E-state index in [0.29, 0.717) is 31.7 Å². The number of carbonyl (C=O) groups excluding carboxylic acids is 2. The van der Waals surface area contributed by atoms with Crippen LogP contribution in [0.1, 0.15) is 30.9 Å². The van der Waals surface area contributed by atoms with Gasteiger partial charge in [-0.25, -0.2) is 4.98 Å². The maximum atomic E-state index is 13.0. The molecule has 7 nitrogen and oxygen atoms in total. The fraction of sp³-hybridized carbons (Fsp3) is 0.474. The zero-order chi connectivity index (χ0) is 18.1. The Kier molecular flexibility index (Phi) is 4.44. The van der Waals surface area contributed by atoms with E-state index in [2.05, 4.69) is 21.8 Å². The summed E-state index contributed by atoms with van der Waals surface area (Å²) in [6, 6.07) is 3.93. The predicted octanol–water partition coefficient (Wildman–Crippen LogP) is 1.70. The summed E-state index contributed by atoms with van der Waals surface area (Å²) in [5.74, 6) is 0.128. The van der Waals surface area contributed by atoms with Crippen LogP contribution in [0.4, 0.5) is 0 Å². The first kappa shape index (κ1) is 16.8. The number of rotatable bonds is 4. The first-order valence-electron chi connectivity index (χ1n) is 9.14. The third-order valence-electron chi connectivity index (χ3n) is 5.41. The summed E-state index contributed by atoms with van der Waals surface area (Å²) in [7, 11) is 0. The Hall–Kier alpha value is -2.70. The number of pyridine rings is 1. The lowest BCUT2D eigenvalue weighted by Crippen LogP contribution is -2.43. The van der Waals surface area contributed by atoms with Crippen molar-refractivity contribution in [3.63, 3.8) is 0 Å². The SMILES string of the molecule is C=CCN1C[C@@H](C(=O)N2CCC[C@@H](c3[nH]nc4ncccc34)C2)CC1=O. The van der Waals surface area contributed by atoms with Gasteiger partial charge in [-0.15, -0.1) is 6.58 Å². The number of nitrogens with one attached hydrogen (secondary N) is 1. The molecule has 26 heavy (non-hydrogen) atoms. The van der Waals surface area contributed by atoms with Crippen LogP contribution >= 0.6 is 0 Å². The zero-order valence-electron chi connectivity index (χ0n) is 14.7. The maximum Gasteiger partial charge on any atom is 0.228 e. The average Bonchev–Trinajstić information content (AvgIpc) is 3.26. The second-order valence-corrected chi connectivity index (χ2v) is 7.12. The quantitative estimate of drug-likeness (QED) is 0.848. The van der Waals surface area contributed by atoms with Crippen LogP contribution in [-0.4, -0.2) is 63.0 Å². The highest BCUT2D eigenvalue weighted by Gasteiger charge is 2.37. The van der Waals surface area contributed by atoms with Crippen LogP contribution in [-0.2, 0) is 9.59 Å². The topological polar surface area (TPSA) is 82.2 Å². The van der Waals surface area contributed by atoms with Gasteiger partial charge in [0.05, 0.1) is 5.92 Å². The van der Waals surface area contributed by atoms with Crippen molar-refractivity contribution in [1.82, 2.24) is 25.0 Å². The van der Waals surface area contributed by atoms with Crippen LogP contribution < -0.4 is 0 Å². The molecular formula is C19H23N5O2.